The van der Waals surface area contributed by atoms with Crippen LogP contribution in [-0.4, -0.2) is 45.1 Å². The average molecular weight is 434 g/mol. The van der Waals surface area contributed by atoms with Crippen LogP contribution in [-0.2, 0) is 7.05 Å². The van der Waals surface area contributed by atoms with Crippen LogP contribution in [0.15, 0.2) is 48.8 Å². The first-order valence-corrected chi connectivity index (χ1v) is 10.5. The third-order valence-corrected chi connectivity index (χ3v) is 5.56. The smallest absolute Gasteiger partial charge is 0.276 e. The number of fused-ring (bicyclic) bond motifs is 1. The lowest BCUT2D eigenvalue weighted by Crippen LogP contribution is -2.34. The van der Waals surface area contributed by atoms with Gasteiger partial charge in [0.2, 0.25) is 0 Å². The molecule has 2 aromatic heterocycles. The Balaban J connectivity index is 1.38. The van der Waals surface area contributed by atoms with Gasteiger partial charge in [-0.15, -0.1) is 0 Å². The molecule has 0 radical (unpaired) electrons. The van der Waals surface area contributed by atoms with E-state index in [0.29, 0.717) is 33.5 Å². The van der Waals surface area contributed by atoms with Gasteiger partial charge in [0.05, 0.1) is 11.7 Å². The summed E-state index contributed by atoms with van der Waals surface area (Å²) in [6.07, 6.45) is 5.37. The summed E-state index contributed by atoms with van der Waals surface area (Å²) in [5, 5.41) is 17.7. The maximum atomic E-state index is 14.6. The van der Waals surface area contributed by atoms with Crippen molar-refractivity contribution >= 4 is 22.5 Å². The van der Waals surface area contributed by atoms with E-state index in [2.05, 4.69) is 25.9 Å². The number of halogens is 1. The molecule has 0 saturated carbocycles. The molecular weight excluding hydrogens is 411 g/mol. The molecule has 9 heteroatoms. The van der Waals surface area contributed by atoms with Crippen molar-refractivity contribution in [1.82, 2.24) is 25.3 Å². The van der Waals surface area contributed by atoms with Gasteiger partial charge < -0.3 is 15.4 Å². The second kappa shape index (κ2) is 8.43. The monoisotopic (exact) mass is 434 g/mol. The summed E-state index contributed by atoms with van der Waals surface area (Å²) in [6, 6.07) is 10.3. The largest absolute Gasteiger partial charge is 0.490 e. The van der Waals surface area contributed by atoms with Crippen LogP contribution in [0.5, 0.6) is 5.75 Å². The maximum absolute atomic E-state index is 14.6. The van der Waals surface area contributed by atoms with E-state index in [1.165, 1.54) is 6.07 Å². The zero-order chi connectivity index (χ0) is 22.1. The number of piperidine rings is 1. The minimum Gasteiger partial charge on any atom is -0.490 e. The number of rotatable bonds is 5. The first kappa shape index (κ1) is 20.2. The number of aryl methyl sites for hydroxylation is 1. The van der Waals surface area contributed by atoms with E-state index in [-0.39, 0.29) is 17.7 Å². The Morgan fingerprint density at radius 1 is 1.25 bits per heavy atom. The molecule has 0 aliphatic carbocycles. The molecule has 32 heavy (non-hydrogen) atoms. The standard InChI is InChI=1S/C23H23FN6O2/c1-30-13-14(12-26-30)18-10-19-21(11-20(18)24)28-29-22(19)23(31)27-15-3-2-4-17(9-15)32-16-5-7-25-8-6-16/h2-4,9-13,16,25H,5-8H2,1H3,(H,27,31)(H,28,29). The van der Waals surface area contributed by atoms with Crippen LogP contribution in [0.25, 0.3) is 22.0 Å². The number of ether oxygens (including phenoxy) is 1. The molecule has 1 aliphatic rings. The molecule has 0 spiro atoms. The summed E-state index contributed by atoms with van der Waals surface area (Å²) >= 11 is 0. The van der Waals surface area contributed by atoms with Gasteiger partial charge >= 0.3 is 0 Å². The second-order valence-electron chi connectivity index (χ2n) is 7.90. The number of H-pyrrole nitrogens is 1. The summed E-state index contributed by atoms with van der Waals surface area (Å²) < 4.78 is 22.3. The highest BCUT2D eigenvalue weighted by Crippen LogP contribution is 2.29. The van der Waals surface area contributed by atoms with E-state index in [1.807, 2.05) is 12.1 Å². The lowest BCUT2D eigenvalue weighted by molar-refractivity contribution is 0.102. The van der Waals surface area contributed by atoms with Crippen LogP contribution >= 0.6 is 0 Å². The van der Waals surface area contributed by atoms with Gasteiger partial charge in [-0.1, -0.05) is 6.07 Å². The number of anilines is 1. The normalized spacial score (nSPS) is 14.6. The molecule has 5 rings (SSSR count). The summed E-state index contributed by atoms with van der Waals surface area (Å²) in [4.78, 5) is 13.0. The van der Waals surface area contributed by atoms with Crippen LogP contribution in [0.4, 0.5) is 10.1 Å². The first-order chi connectivity index (χ1) is 15.6. The summed E-state index contributed by atoms with van der Waals surface area (Å²) in [5.41, 5.74) is 2.23. The Hall–Kier alpha value is -3.72. The molecule has 0 unspecified atom stereocenters. The van der Waals surface area contributed by atoms with E-state index < -0.39 is 5.82 Å². The zero-order valence-electron chi connectivity index (χ0n) is 17.6. The van der Waals surface area contributed by atoms with Gasteiger partial charge in [-0.25, -0.2) is 4.39 Å². The number of benzene rings is 2. The minimum absolute atomic E-state index is 0.165. The number of aromatic amines is 1. The third kappa shape index (κ3) is 4.06. The molecule has 2 aromatic carbocycles. The summed E-state index contributed by atoms with van der Waals surface area (Å²) in [6.45, 7) is 1.88. The van der Waals surface area contributed by atoms with Gasteiger partial charge in [0, 0.05) is 47.6 Å². The molecule has 0 bridgehead atoms. The Morgan fingerprint density at radius 2 is 2.09 bits per heavy atom. The van der Waals surface area contributed by atoms with Gasteiger partial charge in [0.25, 0.3) is 5.91 Å². The molecule has 1 aliphatic heterocycles. The highest BCUT2D eigenvalue weighted by molar-refractivity contribution is 6.11. The van der Waals surface area contributed by atoms with Crippen molar-refractivity contribution in [3.63, 3.8) is 0 Å². The van der Waals surface area contributed by atoms with Crippen LogP contribution in [0.3, 0.4) is 0 Å². The fraction of sp³-hybridized carbons (Fsp3) is 0.261. The van der Waals surface area contributed by atoms with Crippen molar-refractivity contribution in [3.8, 4) is 16.9 Å². The average Bonchev–Trinajstić information content (AvgIpc) is 3.40. The van der Waals surface area contributed by atoms with Crippen molar-refractivity contribution in [3.05, 3.63) is 60.3 Å². The molecular formula is C23H23FN6O2. The predicted molar refractivity (Wildman–Crippen MR) is 119 cm³/mol. The number of carbonyl (C=O) groups excluding carboxylic acids is 1. The van der Waals surface area contributed by atoms with Crippen molar-refractivity contribution in [2.45, 2.75) is 18.9 Å². The summed E-state index contributed by atoms with van der Waals surface area (Å²) in [7, 11) is 1.76. The zero-order valence-corrected chi connectivity index (χ0v) is 17.6. The van der Waals surface area contributed by atoms with Gasteiger partial charge in [0.15, 0.2) is 5.69 Å². The molecule has 1 amide bonds. The first-order valence-electron chi connectivity index (χ1n) is 10.5. The molecule has 4 aromatic rings. The molecule has 1 saturated heterocycles. The van der Waals surface area contributed by atoms with E-state index in [1.54, 1.807) is 42.3 Å². The van der Waals surface area contributed by atoms with E-state index in [9.17, 15) is 9.18 Å². The van der Waals surface area contributed by atoms with Crippen LogP contribution in [0, 0.1) is 5.82 Å². The third-order valence-electron chi connectivity index (χ3n) is 5.56. The Bertz CT molecular complexity index is 1270. The molecule has 8 nitrogen and oxygen atoms in total. The van der Waals surface area contributed by atoms with E-state index in [0.717, 1.165) is 25.9 Å². The SMILES string of the molecule is Cn1cc(-c2cc3c(C(=O)Nc4cccc(OC5CCNCC5)c4)n[nH]c3cc2F)cn1. The Morgan fingerprint density at radius 3 is 2.88 bits per heavy atom. The van der Waals surface area contributed by atoms with Crippen LogP contribution < -0.4 is 15.4 Å². The highest BCUT2D eigenvalue weighted by atomic mass is 19.1. The topological polar surface area (TPSA) is 96.9 Å². The number of carbonyl (C=O) groups is 1. The number of nitrogens with zero attached hydrogens (tertiary/aromatic N) is 3. The van der Waals surface area contributed by atoms with Crippen molar-refractivity contribution in [2.24, 2.45) is 7.05 Å². The van der Waals surface area contributed by atoms with Crippen LogP contribution in [0.2, 0.25) is 0 Å². The number of aromatic nitrogens is 4. The number of amides is 1. The fourth-order valence-electron chi connectivity index (χ4n) is 3.94. The Labute approximate surface area is 183 Å². The van der Waals surface area contributed by atoms with Crippen molar-refractivity contribution in [1.29, 1.82) is 0 Å². The minimum atomic E-state index is -0.413. The van der Waals surface area contributed by atoms with E-state index in [4.69, 9.17) is 4.74 Å². The quantitative estimate of drug-likeness (QED) is 0.447. The van der Waals surface area contributed by atoms with Gasteiger partial charge in [-0.2, -0.15) is 10.2 Å². The molecule has 3 N–H and O–H groups in total. The highest BCUT2D eigenvalue weighted by Gasteiger charge is 2.19. The molecule has 1 fully saturated rings. The van der Waals surface area contributed by atoms with Crippen molar-refractivity contribution < 1.29 is 13.9 Å². The van der Waals surface area contributed by atoms with Gasteiger partial charge in [-0.3, -0.25) is 14.6 Å². The predicted octanol–water partition coefficient (Wildman–Crippen LogP) is 3.49. The van der Waals surface area contributed by atoms with Crippen LogP contribution in [0.1, 0.15) is 23.3 Å². The number of hydrogen-bond donors (Lipinski definition) is 3. The second-order valence-corrected chi connectivity index (χ2v) is 7.90. The maximum Gasteiger partial charge on any atom is 0.276 e. The molecule has 0 atom stereocenters. The van der Waals surface area contributed by atoms with Gasteiger partial charge in [0.1, 0.15) is 17.7 Å². The lowest BCUT2D eigenvalue weighted by atomic mass is 10.0. The van der Waals surface area contributed by atoms with E-state index >= 15 is 0 Å². The number of hydrogen-bond acceptors (Lipinski definition) is 5. The Kier molecular flexibility index (Phi) is 5.32. The fourth-order valence-corrected chi connectivity index (χ4v) is 3.94. The van der Waals surface area contributed by atoms with Gasteiger partial charge in [-0.05, 0) is 44.1 Å². The molecule has 3 heterocycles. The molecule has 164 valence electrons. The van der Waals surface area contributed by atoms with Crippen molar-refractivity contribution in [2.75, 3.05) is 18.4 Å². The number of nitrogens with one attached hydrogen (secondary N) is 3. The summed E-state index contributed by atoms with van der Waals surface area (Å²) in [5.74, 6) is -0.0922. The lowest BCUT2D eigenvalue weighted by Gasteiger charge is -2.24.